The number of nitrogens with zero attached hydrogens (tertiary/aromatic N) is 2. The number of ketones is 1. The van der Waals surface area contributed by atoms with Gasteiger partial charge in [0.15, 0.2) is 11.5 Å². The van der Waals surface area contributed by atoms with E-state index in [0.717, 1.165) is 6.07 Å². The van der Waals surface area contributed by atoms with Crippen LogP contribution in [0.25, 0.3) is 0 Å². The number of amides is 1. The fourth-order valence-electron chi connectivity index (χ4n) is 3.39. The molecule has 1 spiro atoms. The van der Waals surface area contributed by atoms with Gasteiger partial charge in [0.1, 0.15) is 16.3 Å². The van der Waals surface area contributed by atoms with E-state index >= 15 is 0 Å². The van der Waals surface area contributed by atoms with Gasteiger partial charge in [-0.15, -0.1) is 0 Å². The number of para-hydroxylation sites is 1. The number of hydrogen-bond donors (Lipinski definition) is 0. The van der Waals surface area contributed by atoms with E-state index in [1.165, 1.54) is 11.0 Å². The molecule has 0 radical (unpaired) electrons. The van der Waals surface area contributed by atoms with Gasteiger partial charge in [-0.1, -0.05) is 12.1 Å². The maximum Gasteiger partial charge on any atom is 0.433 e. The molecule has 3 heterocycles. The molecule has 1 unspecified atom stereocenters. The van der Waals surface area contributed by atoms with E-state index in [1.807, 2.05) is 0 Å². The van der Waals surface area contributed by atoms with E-state index in [1.54, 1.807) is 24.3 Å². The molecule has 4 rings (SSSR count). The number of furan rings is 1. The molecular weight excluding hydrogens is 328 g/mol. The van der Waals surface area contributed by atoms with Crippen LogP contribution in [0, 0.1) is 10.1 Å². The third-order valence-corrected chi connectivity index (χ3v) is 4.58. The standard InChI is InChI=1S/C17H14N2O6/c20-12-9-17(25-13-4-2-1-3-11(12)13)7-8-18(10-17)16(21)14-5-6-15(24-14)19(22)23/h1-6H,7-10H2. The van der Waals surface area contributed by atoms with Crippen molar-refractivity contribution in [2.24, 2.45) is 0 Å². The van der Waals surface area contributed by atoms with E-state index < -0.39 is 22.3 Å². The molecule has 0 bridgehead atoms. The van der Waals surface area contributed by atoms with Crippen molar-refractivity contribution >= 4 is 17.6 Å². The van der Waals surface area contributed by atoms with Crippen molar-refractivity contribution in [2.45, 2.75) is 18.4 Å². The zero-order valence-corrected chi connectivity index (χ0v) is 13.1. The number of rotatable bonds is 2. The third-order valence-electron chi connectivity index (χ3n) is 4.58. The highest BCUT2D eigenvalue weighted by Gasteiger charge is 2.47. The molecule has 1 fully saturated rings. The molecule has 8 heteroatoms. The second-order valence-electron chi connectivity index (χ2n) is 6.25. The van der Waals surface area contributed by atoms with Crippen molar-refractivity contribution in [3.8, 4) is 5.75 Å². The van der Waals surface area contributed by atoms with Gasteiger partial charge < -0.3 is 14.1 Å². The third kappa shape index (κ3) is 2.55. The first kappa shape index (κ1) is 15.4. The van der Waals surface area contributed by atoms with Crippen molar-refractivity contribution in [3.05, 3.63) is 57.8 Å². The van der Waals surface area contributed by atoms with Crippen molar-refractivity contribution in [2.75, 3.05) is 13.1 Å². The van der Waals surface area contributed by atoms with E-state index in [4.69, 9.17) is 9.15 Å². The first-order valence-electron chi connectivity index (χ1n) is 7.82. The molecule has 1 atom stereocenters. The Morgan fingerprint density at radius 3 is 2.80 bits per heavy atom. The van der Waals surface area contributed by atoms with Gasteiger partial charge >= 0.3 is 5.88 Å². The summed E-state index contributed by atoms with van der Waals surface area (Å²) in [6.45, 7) is 0.628. The topological polar surface area (TPSA) is 103 Å². The van der Waals surface area contributed by atoms with Crippen LogP contribution in [-0.4, -0.2) is 40.2 Å². The molecule has 2 aliphatic heterocycles. The van der Waals surface area contributed by atoms with Crippen molar-refractivity contribution in [3.63, 3.8) is 0 Å². The van der Waals surface area contributed by atoms with Gasteiger partial charge in [0.25, 0.3) is 5.91 Å². The Balaban J connectivity index is 1.54. The highest BCUT2D eigenvalue weighted by Crippen LogP contribution is 2.39. The highest BCUT2D eigenvalue weighted by atomic mass is 16.6. The fraction of sp³-hybridized carbons (Fsp3) is 0.294. The normalized spacial score (nSPS) is 21.9. The Kier molecular flexibility index (Phi) is 3.34. The van der Waals surface area contributed by atoms with Gasteiger partial charge in [0.05, 0.1) is 24.6 Å². The summed E-state index contributed by atoms with van der Waals surface area (Å²) in [5.41, 5.74) is -0.195. The minimum atomic E-state index is -0.750. The van der Waals surface area contributed by atoms with Gasteiger partial charge in [-0.2, -0.15) is 0 Å². The lowest BCUT2D eigenvalue weighted by Gasteiger charge is -2.34. The average molecular weight is 342 g/mol. The molecule has 25 heavy (non-hydrogen) atoms. The zero-order chi connectivity index (χ0) is 17.6. The summed E-state index contributed by atoms with van der Waals surface area (Å²) in [4.78, 5) is 36.4. The Labute approximate surface area is 142 Å². The summed E-state index contributed by atoms with van der Waals surface area (Å²) in [6, 6.07) is 9.49. The lowest BCUT2D eigenvalue weighted by Crippen LogP contribution is -2.45. The molecule has 1 aromatic carbocycles. The van der Waals surface area contributed by atoms with Crippen LogP contribution in [0.5, 0.6) is 5.75 Å². The van der Waals surface area contributed by atoms with E-state index in [0.29, 0.717) is 24.3 Å². The highest BCUT2D eigenvalue weighted by molar-refractivity contribution is 6.00. The van der Waals surface area contributed by atoms with Crippen molar-refractivity contribution < 1.29 is 23.7 Å². The summed E-state index contributed by atoms with van der Waals surface area (Å²) >= 11 is 0. The van der Waals surface area contributed by atoms with Crippen LogP contribution < -0.4 is 4.74 Å². The number of likely N-dealkylation sites (tertiary alicyclic amines) is 1. The van der Waals surface area contributed by atoms with Crippen LogP contribution in [0.4, 0.5) is 5.88 Å². The smallest absolute Gasteiger partial charge is 0.433 e. The maximum absolute atomic E-state index is 12.5. The summed E-state index contributed by atoms with van der Waals surface area (Å²) < 4.78 is 11.0. The second kappa shape index (κ2) is 5.44. The van der Waals surface area contributed by atoms with Crippen LogP contribution in [0.15, 0.2) is 40.8 Å². The Hall–Kier alpha value is -3.16. The van der Waals surface area contributed by atoms with Crippen LogP contribution in [0.1, 0.15) is 33.8 Å². The minimum Gasteiger partial charge on any atom is -0.484 e. The van der Waals surface area contributed by atoms with E-state index in [9.17, 15) is 19.7 Å². The number of fused-ring (bicyclic) bond motifs is 1. The van der Waals surface area contributed by atoms with Gasteiger partial charge in [-0.25, -0.2) is 0 Å². The number of benzene rings is 1. The molecule has 1 aromatic heterocycles. The predicted molar refractivity (Wildman–Crippen MR) is 84.6 cm³/mol. The lowest BCUT2D eigenvalue weighted by atomic mass is 9.89. The first-order chi connectivity index (χ1) is 12.0. The number of Topliss-reactive ketones (excluding diaryl/α,β-unsaturated/α-hetero) is 1. The maximum atomic E-state index is 12.5. The minimum absolute atomic E-state index is 0.00946. The van der Waals surface area contributed by atoms with E-state index in [-0.39, 0.29) is 24.5 Å². The predicted octanol–water partition coefficient (Wildman–Crippen LogP) is 2.44. The van der Waals surface area contributed by atoms with Crippen LogP contribution in [0.3, 0.4) is 0 Å². The summed E-state index contributed by atoms with van der Waals surface area (Å²) in [7, 11) is 0. The van der Waals surface area contributed by atoms with Crippen molar-refractivity contribution in [1.82, 2.24) is 4.90 Å². The number of carbonyl (C=O) groups excluding carboxylic acids is 2. The Bertz CT molecular complexity index is 889. The number of ether oxygens (including phenoxy) is 1. The number of carbonyl (C=O) groups is 2. The monoisotopic (exact) mass is 342 g/mol. The molecule has 0 saturated carbocycles. The molecule has 1 amide bonds. The summed E-state index contributed by atoms with van der Waals surface area (Å²) in [5.74, 6) is -0.493. The zero-order valence-electron chi connectivity index (χ0n) is 13.1. The molecule has 128 valence electrons. The van der Waals surface area contributed by atoms with Gasteiger partial charge in [0, 0.05) is 13.0 Å². The van der Waals surface area contributed by atoms with Crippen LogP contribution in [0.2, 0.25) is 0 Å². The summed E-state index contributed by atoms with van der Waals surface area (Å²) in [5, 5.41) is 10.7. The molecule has 2 aliphatic rings. The van der Waals surface area contributed by atoms with E-state index in [2.05, 4.69) is 0 Å². The average Bonchev–Trinajstić information content (AvgIpc) is 3.22. The molecule has 1 saturated heterocycles. The molecule has 8 nitrogen and oxygen atoms in total. The van der Waals surface area contributed by atoms with Gasteiger partial charge in [-0.05, 0) is 18.2 Å². The first-order valence-corrected chi connectivity index (χ1v) is 7.82. The molecule has 2 aromatic rings. The quantitative estimate of drug-likeness (QED) is 0.613. The SMILES string of the molecule is O=C1CC2(CCN(C(=O)c3ccc([N+](=O)[O-])o3)C2)Oc2ccccc21. The van der Waals surface area contributed by atoms with Crippen molar-refractivity contribution in [1.29, 1.82) is 0 Å². The molecule has 0 aliphatic carbocycles. The Morgan fingerprint density at radius 1 is 1.24 bits per heavy atom. The van der Waals surface area contributed by atoms with Crippen LogP contribution >= 0.6 is 0 Å². The van der Waals surface area contributed by atoms with Gasteiger partial charge in [-0.3, -0.25) is 19.7 Å². The van der Waals surface area contributed by atoms with Crippen LogP contribution in [-0.2, 0) is 0 Å². The number of hydrogen-bond acceptors (Lipinski definition) is 6. The largest absolute Gasteiger partial charge is 0.484 e. The Morgan fingerprint density at radius 2 is 2.04 bits per heavy atom. The summed E-state index contributed by atoms with van der Waals surface area (Å²) in [6.07, 6.45) is 0.716. The molecule has 0 N–H and O–H groups in total. The van der Waals surface area contributed by atoms with Gasteiger partial charge in [0.2, 0.25) is 0 Å². The second-order valence-corrected chi connectivity index (χ2v) is 6.25. The molecular formula is C17H14N2O6. The fourth-order valence-corrected chi connectivity index (χ4v) is 3.39. The lowest BCUT2D eigenvalue weighted by molar-refractivity contribution is -0.402. The number of nitro groups is 1.